The van der Waals surface area contributed by atoms with Gasteiger partial charge in [0, 0.05) is 28.0 Å². The first kappa shape index (κ1) is 17.0. The zero-order valence-electron chi connectivity index (χ0n) is 11.7. The lowest BCUT2D eigenvalue weighted by atomic mass is 10.00. The van der Waals surface area contributed by atoms with E-state index in [1.807, 2.05) is 23.5 Å². The van der Waals surface area contributed by atoms with Crippen LogP contribution in [0.5, 0.6) is 0 Å². The molecule has 0 aromatic heterocycles. The van der Waals surface area contributed by atoms with Crippen LogP contribution in [0.2, 0.25) is 0 Å². The summed E-state index contributed by atoms with van der Waals surface area (Å²) in [4.78, 5) is 0. The van der Waals surface area contributed by atoms with E-state index in [0.717, 1.165) is 17.6 Å². The number of hydrazine groups is 1. The Labute approximate surface area is 131 Å². The minimum Gasteiger partial charge on any atom is -0.271 e. The minimum atomic E-state index is -4.30. The van der Waals surface area contributed by atoms with Crippen LogP contribution < -0.4 is 11.3 Å². The zero-order valence-corrected chi connectivity index (χ0v) is 13.3. The number of thioether (sulfide) groups is 2. The van der Waals surface area contributed by atoms with E-state index in [2.05, 4.69) is 12.3 Å². The first-order valence-corrected chi connectivity index (χ1v) is 8.87. The van der Waals surface area contributed by atoms with Gasteiger partial charge in [-0.15, -0.1) is 0 Å². The molecule has 2 nitrogen and oxygen atoms in total. The van der Waals surface area contributed by atoms with Crippen LogP contribution in [-0.2, 0) is 12.6 Å². The van der Waals surface area contributed by atoms with Crippen LogP contribution in [0.25, 0.3) is 0 Å². The average molecular weight is 336 g/mol. The molecule has 1 aromatic rings. The predicted octanol–water partition coefficient (Wildman–Crippen LogP) is 3.32. The maximum atomic E-state index is 12.8. The van der Waals surface area contributed by atoms with Crippen LogP contribution in [0.4, 0.5) is 13.2 Å². The fraction of sp³-hybridized carbons (Fsp3) is 0.571. The molecule has 1 fully saturated rings. The molecule has 1 aliphatic rings. The van der Waals surface area contributed by atoms with Crippen LogP contribution >= 0.6 is 23.5 Å². The van der Waals surface area contributed by atoms with Crippen molar-refractivity contribution in [1.29, 1.82) is 0 Å². The van der Waals surface area contributed by atoms with Gasteiger partial charge in [-0.25, -0.2) is 0 Å². The summed E-state index contributed by atoms with van der Waals surface area (Å²) < 4.78 is 38.3. The highest BCUT2D eigenvalue weighted by Gasteiger charge is 2.32. The standard InChI is InChI=1S/C14H19F3N2S2/c1-9-13(21-6-5-20-9)12(19-18)8-10-3-2-4-11(7-10)14(15,16)17/h2-4,7,9,12-13,19H,5-6,8,18H2,1H3. The van der Waals surface area contributed by atoms with Crippen molar-refractivity contribution in [2.24, 2.45) is 5.84 Å². The van der Waals surface area contributed by atoms with Crippen LogP contribution in [0.3, 0.4) is 0 Å². The molecule has 3 unspecified atom stereocenters. The molecule has 118 valence electrons. The summed E-state index contributed by atoms with van der Waals surface area (Å²) >= 11 is 3.74. The third-order valence-electron chi connectivity index (χ3n) is 3.56. The van der Waals surface area contributed by atoms with Crippen molar-refractivity contribution in [3.63, 3.8) is 0 Å². The quantitative estimate of drug-likeness (QED) is 0.653. The number of hydrogen-bond donors (Lipinski definition) is 2. The van der Waals surface area contributed by atoms with E-state index in [-0.39, 0.29) is 6.04 Å². The second-order valence-corrected chi connectivity index (χ2v) is 7.86. The highest BCUT2D eigenvalue weighted by molar-refractivity contribution is 8.07. The first-order chi connectivity index (χ1) is 9.91. The van der Waals surface area contributed by atoms with Gasteiger partial charge in [0.15, 0.2) is 0 Å². The molecule has 2 rings (SSSR count). The van der Waals surface area contributed by atoms with Crippen molar-refractivity contribution >= 4 is 23.5 Å². The number of hydrogen-bond acceptors (Lipinski definition) is 4. The Bertz CT molecular complexity index is 468. The number of alkyl halides is 3. The number of rotatable bonds is 4. The predicted molar refractivity (Wildman–Crippen MR) is 84.4 cm³/mol. The number of nitrogens with two attached hydrogens (primary N) is 1. The van der Waals surface area contributed by atoms with Crippen molar-refractivity contribution in [2.75, 3.05) is 11.5 Å². The summed E-state index contributed by atoms with van der Waals surface area (Å²) in [5.41, 5.74) is 2.85. The van der Waals surface area contributed by atoms with Crippen LogP contribution in [-0.4, -0.2) is 28.0 Å². The molecule has 0 radical (unpaired) electrons. The molecule has 3 atom stereocenters. The Morgan fingerprint density at radius 2 is 2.05 bits per heavy atom. The summed E-state index contributed by atoms with van der Waals surface area (Å²) in [6, 6.07) is 5.47. The maximum absolute atomic E-state index is 12.8. The lowest BCUT2D eigenvalue weighted by molar-refractivity contribution is -0.137. The topological polar surface area (TPSA) is 38.0 Å². The van der Waals surface area contributed by atoms with E-state index in [4.69, 9.17) is 5.84 Å². The van der Waals surface area contributed by atoms with Gasteiger partial charge in [-0.05, 0) is 18.1 Å². The number of nitrogens with one attached hydrogen (secondary N) is 1. The highest BCUT2D eigenvalue weighted by Crippen LogP contribution is 2.34. The van der Waals surface area contributed by atoms with Crippen LogP contribution in [0.1, 0.15) is 18.1 Å². The molecule has 1 aliphatic heterocycles. The Morgan fingerprint density at radius 3 is 2.67 bits per heavy atom. The molecule has 0 saturated carbocycles. The molecule has 0 amide bonds. The first-order valence-electron chi connectivity index (χ1n) is 6.77. The van der Waals surface area contributed by atoms with E-state index in [1.54, 1.807) is 6.07 Å². The van der Waals surface area contributed by atoms with Gasteiger partial charge in [0.25, 0.3) is 0 Å². The smallest absolute Gasteiger partial charge is 0.271 e. The average Bonchev–Trinajstić information content (AvgIpc) is 2.45. The second kappa shape index (κ2) is 7.26. The fourth-order valence-corrected chi connectivity index (χ4v) is 5.43. The van der Waals surface area contributed by atoms with Gasteiger partial charge in [-0.3, -0.25) is 11.3 Å². The summed E-state index contributed by atoms with van der Waals surface area (Å²) in [6.07, 6.45) is -3.80. The molecule has 1 saturated heterocycles. The summed E-state index contributed by atoms with van der Waals surface area (Å²) in [7, 11) is 0. The summed E-state index contributed by atoms with van der Waals surface area (Å²) in [6.45, 7) is 2.15. The van der Waals surface area contributed by atoms with Crippen molar-refractivity contribution in [3.8, 4) is 0 Å². The van der Waals surface area contributed by atoms with Gasteiger partial charge in [0.1, 0.15) is 0 Å². The molecule has 21 heavy (non-hydrogen) atoms. The molecule has 3 N–H and O–H groups in total. The van der Waals surface area contributed by atoms with Crippen molar-refractivity contribution in [3.05, 3.63) is 35.4 Å². The third-order valence-corrected chi connectivity index (χ3v) is 6.81. The zero-order chi connectivity index (χ0) is 15.5. The van der Waals surface area contributed by atoms with Crippen molar-refractivity contribution < 1.29 is 13.2 Å². The Morgan fingerprint density at radius 1 is 1.33 bits per heavy atom. The second-order valence-electron chi connectivity index (χ2n) is 5.09. The molecule has 0 aliphatic carbocycles. The number of benzene rings is 1. The Kier molecular flexibility index (Phi) is 5.88. The van der Waals surface area contributed by atoms with E-state index in [1.165, 1.54) is 12.1 Å². The lowest BCUT2D eigenvalue weighted by Crippen LogP contribution is -2.48. The third kappa shape index (κ3) is 4.55. The number of halogens is 3. The molecule has 1 aromatic carbocycles. The highest BCUT2D eigenvalue weighted by atomic mass is 32.2. The van der Waals surface area contributed by atoms with E-state index in [9.17, 15) is 13.2 Å². The summed E-state index contributed by atoms with van der Waals surface area (Å²) in [5.74, 6) is 7.81. The molecule has 0 spiro atoms. The lowest BCUT2D eigenvalue weighted by Gasteiger charge is -2.34. The molecule has 7 heteroatoms. The van der Waals surface area contributed by atoms with Crippen molar-refractivity contribution in [1.82, 2.24) is 5.43 Å². The molecule has 1 heterocycles. The Hall–Kier alpha value is -0.370. The van der Waals surface area contributed by atoms with Gasteiger partial charge in [-0.1, -0.05) is 25.1 Å². The van der Waals surface area contributed by atoms with Crippen LogP contribution in [0.15, 0.2) is 24.3 Å². The van der Waals surface area contributed by atoms with E-state index >= 15 is 0 Å². The monoisotopic (exact) mass is 336 g/mol. The SMILES string of the molecule is CC1SCCSC1C(Cc1cccc(C(F)(F)F)c1)NN. The Balaban J connectivity index is 2.11. The maximum Gasteiger partial charge on any atom is 0.416 e. The molecular formula is C14H19F3N2S2. The van der Waals surface area contributed by atoms with E-state index < -0.39 is 11.7 Å². The van der Waals surface area contributed by atoms with Gasteiger partial charge >= 0.3 is 6.18 Å². The van der Waals surface area contributed by atoms with Crippen molar-refractivity contribution in [2.45, 2.75) is 36.1 Å². The molecular weight excluding hydrogens is 317 g/mol. The van der Waals surface area contributed by atoms with Gasteiger partial charge in [-0.2, -0.15) is 36.7 Å². The normalized spacial score (nSPS) is 24.8. The van der Waals surface area contributed by atoms with Crippen LogP contribution in [0, 0.1) is 0 Å². The summed E-state index contributed by atoms with van der Waals surface area (Å²) in [5, 5.41) is 0.749. The molecule has 0 bridgehead atoms. The largest absolute Gasteiger partial charge is 0.416 e. The fourth-order valence-electron chi connectivity index (χ4n) is 2.49. The van der Waals surface area contributed by atoms with E-state index in [0.29, 0.717) is 22.5 Å². The minimum absolute atomic E-state index is 0.0266. The van der Waals surface area contributed by atoms with Gasteiger partial charge in [0.05, 0.1) is 5.56 Å². The van der Waals surface area contributed by atoms with Gasteiger partial charge < -0.3 is 0 Å². The van der Waals surface area contributed by atoms with Gasteiger partial charge in [0.2, 0.25) is 0 Å².